The number of aromatic nitrogens is 10. The molecule has 3 fully saturated rings. The number of nitrogen functional groups attached to an aromatic ring is 2. The molecular formula is C33H48N13O26P4S+. The van der Waals surface area contributed by atoms with Crippen molar-refractivity contribution in [2.75, 3.05) is 51.2 Å². The molecule has 426 valence electrons. The summed E-state index contributed by atoms with van der Waals surface area (Å²) in [5, 5.41) is 32.6. The van der Waals surface area contributed by atoms with Crippen molar-refractivity contribution >= 4 is 75.4 Å². The number of aliphatic hydroxyl groups excluding tert-OH is 3. The maximum absolute atomic E-state index is 13.6. The fourth-order valence-corrected chi connectivity index (χ4v) is 14.0. The third kappa shape index (κ3) is 12.7. The smallest absolute Gasteiger partial charge is 0.387 e. The zero-order chi connectivity index (χ0) is 56.3. The highest BCUT2D eigenvalue weighted by Gasteiger charge is 2.54. The number of methoxy groups -OCH3 is 1. The minimum absolute atomic E-state index is 0.0148. The number of imidazole rings is 2. The summed E-state index contributed by atoms with van der Waals surface area (Å²) >= 11 is 0. The van der Waals surface area contributed by atoms with E-state index in [0.717, 1.165) is 48.2 Å². The summed E-state index contributed by atoms with van der Waals surface area (Å²) in [5.74, 6) is -2.89. The molecule has 3 saturated heterocycles. The second-order valence-electron chi connectivity index (χ2n) is 16.9. The molecule has 8 rings (SSSR count). The quantitative estimate of drug-likeness (QED) is 0.0228. The highest BCUT2D eigenvalue weighted by atomic mass is 32.2. The number of aromatic amines is 2. The van der Waals surface area contributed by atoms with E-state index in [2.05, 4.69) is 33.5 Å². The number of fused-ring (bicyclic) bond motifs is 2. The molecule has 0 amide bonds. The topological polar surface area (TPSA) is 553 Å². The maximum atomic E-state index is 13.6. The number of ether oxygens (including phenoxy) is 4. The zero-order valence-corrected chi connectivity index (χ0v) is 43.9. The summed E-state index contributed by atoms with van der Waals surface area (Å²) < 4.78 is 136. The lowest BCUT2D eigenvalue weighted by Crippen LogP contribution is -2.38. The van der Waals surface area contributed by atoms with Crippen LogP contribution in [0.4, 0.5) is 11.8 Å². The first-order valence-electron chi connectivity index (χ1n) is 21.7. The molecule has 39 nitrogen and oxygen atoms in total. The van der Waals surface area contributed by atoms with E-state index in [-0.39, 0.29) is 34.1 Å². The fraction of sp³-hybridized carbons (Fsp3) is 0.576. The maximum Gasteiger partial charge on any atom is 0.490 e. The summed E-state index contributed by atoms with van der Waals surface area (Å²) in [7, 11) is -24.4. The van der Waals surface area contributed by atoms with Crippen LogP contribution in [-0.4, -0.2) is 175 Å². The van der Waals surface area contributed by atoms with E-state index in [9.17, 15) is 76.0 Å². The molecule has 0 radical (unpaired) electrons. The van der Waals surface area contributed by atoms with Gasteiger partial charge in [-0.25, -0.2) is 55.7 Å². The Morgan fingerprint density at radius 2 is 1.38 bits per heavy atom. The molecule has 0 aliphatic carbocycles. The average Bonchev–Trinajstić information content (AvgIpc) is 4.14. The number of nitrogens with zero attached hydrogens (tertiary/aromatic N) is 8. The Morgan fingerprint density at radius 3 is 2.03 bits per heavy atom. The number of nitrogens with two attached hydrogens (primary N) is 2. The first kappa shape index (κ1) is 58.5. The minimum Gasteiger partial charge on any atom is -0.387 e. The molecule has 3 aliphatic rings. The Kier molecular flexibility index (Phi) is 16.8. The number of nitrogens with one attached hydrogen (secondary N) is 3. The van der Waals surface area contributed by atoms with E-state index in [1.54, 1.807) is 0 Å². The van der Waals surface area contributed by atoms with Crippen LogP contribution in [0.3, 0.4) is 0 Å². The van der Waals surface area contributed by atoms with Crippen LogP contribution in [-0.2, 0) is 81.0 Å². The summed E-state index contributed by atoms with van der Waals surface area (Å²) in [6.45, 7) is -3.53. The van der Waals surface area contributed by atoms with Gasteiger partial charge in [0, 0.05) is 25.3 Å². The van der Waals surface area contributed by atoms with E-state index in [1.165, 1.54) is 22.5 Å². The fourth-order valence-electron chi connectivity index (χ4n) is 8.42. The molecule has 0 bridgehead atoms. The van der Waals surface area contributed by atoms with Crippen molar-refractivity contribution in [3.8, 4) is 0 Å². The van der Waals surface area contributed by atoms with Gasteiger partial charge in [0.1, 0.15) is 54.6 Å². The molecule has 5 aromatic rings. The van der Waals surface area contributed by atoms with Crippen molar-refractivity contribution in [2.24, 2.45) is 13.0 Å². The van der Waals surface area contributed by atoms with E-state index < -0.39 is 157 Å². The highest BCUT2D eigenvalue weighted by molar-refractivity contribution is 7.89. The number of H-pyrrole nitrogens is 2. The lowest BCUT2D eigenvalue weighted by Gasteiger charge is -2.26. The van der Waals surface area contributed by atoms with Crippen LogP contribution < -0.4 is 37.6 Å². The van der Waals surface area contributed by atoms with Crippen molar-refractivity contribution in [3.05, 3.63) is 62.4 Å². The Balaban J connectivity index is 0.954. The van der Waals surface area contributed by atoms with Crippen molar-refractivity contribution in [1.29, 1.82) is 0 Å². The van der Waals surface area contributed by atoms with Gasteiger partial charge < -0.3 is 65.3 Å². The molecule has 77 heavy (non-hydrogen) atoms. The van der Waals surface area contributed by atoms with Gasteiger partial charge in [-0.1, -0.05) is 0 Å². The number of aliphatic hydroxyl groups is 3. The molecule has 0 saturated carbocycles. The van der Waals surface area contributed by atoms with Crippen molar-refractivity contribution < 1.29 is 112 Å². The number of sulfonamides is 1. The summed E-state index contributed by atoms with van der Waals surface area (Å²) in [4.78, 5) is 99.4. The van der Waals surface area contributed by atoms with E-state index in [1.807, 2.05) is 9.71 Å². The molecular weight excluding hydrogens is 1150 g/mol. The molecule has 14 N–H and O–H groups in total. The number of rotatable bonds is 22. The highest BCUT2D eigenvalue weighted by Crippen LogP contribution is 2.68. The van der Waals surface area contributed by atoms with Gasteiger partial charge in [0.25, 0.3) is 16.7 Å². The Labute approximate surface area is 428 Å². The minimum atomic E-state index is -6.28. The summed E-state index contributed by atoms with van der Waals surface area (Å²) in [5.41, 5.74) is 8.88. The van der Waals surface area contributed by atoms with Gasteiger partial charge in [-0.05, 0) is 7.05 Å². The molecule has 44 heteroatoms. The SMILES string of the molecule is CNS(=O)(=O)C[C@@H]1[C@@H](COP(=O)(O)OP(=O)(O)OP(=O)(O)OC[C@H]2O[C@@H](n3cnc4c(N)ncnc43)[C@H](OC)[C@@H]2OP(=O)(O)OC[C@H]2O[C@@H](n3ccc(=O)[nH]c3=O)[C@H](O)[C@@H]2O)OC(n2c[n+](C)c3c(=O)[nH]c(N)nc32)[C@@H]1O. The van der Waals surface area contributed by atoms with Crippen LogP contribution in [0.5, 0.6) is 0 Å². The van der Waals surface area contributed by atoms with Crippen LogP contribution in [0.1, 0.15) is 18.7 Å². The monoisotopic (exact) mass is 1200 g/mol. The molecule has 8 heterocycles. The van der Waals surface area contributed by atoms with Gasteiger partial charge in [0.05, 0.1) is 45.1 Å². The zero-order valence-electron chi connectivity index (χ0n) is 39.5. The molecule has 3 aliphatic heterocycles. The number of phosphoric acid groups is 4. The Bertz CT molecular complexity index is 3530. The van der Waals surface area contributed by atoms with Gasteiger partial charge in [-0.2, -0.15) is 18.2 Å². The number of aryl methyl sites for hydroxylation is 1. The van der Waals surface area contributed by atoms with Crippen molar-refractivity contribution in [3.63, 3.8) is 0 Å². The lowest BCUT2D eigenvalue weighted by atomic mass is 10.0. The van der Waals surface area contributed by atoms with Gasteiger partial charge in [-0.3, -0.25) is 46.8 Å². The first-order chi connectivity index (χ1) is 35.9. The number of phosphoric ester groups is 3. The first-order valence-corrected chi connectivity index (χ1v) is 29.4. The van der Waals surface area contributed by atoms with Gasteiger partial charge >= 0.3 is 42.5 Å². The second-order valence-corrected chi connectivity index (χ2v) is 24.9. The normalized spacial score (nSPS) is 30.1. The summed E-state index contributed by atoms with van der Waals surface area (Å²) in [6, 6.07) is 0.914. The van der Waals surface area contributed by atoms with Crippen LogP contribution >= 0.6 is 31.3 Å². The van der Waals surface area contributed by atoms with E-state index >= 15 is 0 Å². The molecule has 5 unspecified atom stereocenters. The Morgan fingerprint density at radius 1 is 0.766 bits per heavy atom. The predicted molar refractivity (Wildman–Crippen MR) is 248 cm³/mol. The molecule has 16 atom stereocenters. The number of hydrogen-bond acceptors (Lipinski definition) is 28. The number of anilines is 2. The van der Waals surface area contributed by atoms with Crippen LogP contribution in [0.2, 0.25) is 0 Å². The van der Waals surface area contributed by atoms with Crippen LogP contribution in [0, 0.1) is 5.92 Å². The van der Waals surface area contributed by atoms with Gasteiger partial charge in [-0.15, -0.1) is 0 Å². The predicted octanol–water partition coefficient (Wildman–Crippen LogP) is -5.07. The van der Waals surface area contributed by atoms with Crippen molar-refractivity contribution in [2.45, 2.75) is 67.5 Å². The molecule has 5 aromatic heterocycles. The molecule has 0 aromatic carbocycles. The van der Waals surface area contributed by atoms with Crippen LogP contribution in [0.15, 0.2) is 45.6 Å². The second kappa shape index (κ2) is 22.1. The third-order valence-corrected chi connectivity index (χ3v) is 18.5. The third-order valence-electron chi connectivity index (χ3n) is 11.9. The largest absolute Gasteiger partial charge is 0.490 e. The van der Waals surface area contributed by atoms with Gasteiger partial charge in [0.2, 0.25) is 28.5 Å². The standard InChI is InChI=1S/C33H47N13O26P4S/c1-36-77(61,62)9-13-14(67-29(20(13)48)46-12-43(2)19-27(46)41-32(35)42-28(19)51)6-65-74(55,56)71-76(59,60)72-75(57,58)66-8-16-23(24(63-3)31(69-16)45-11-39-18-25(34)37-10-38-26(18)45)70-73(53,54)64-7-15-21(49)22(50)30(68-15)44-5-4-17(47)40-33(44)52/h4-5,10-16,20-24,29-31,36,48-50H,6-9H2,1-3H3,(H9-,34,35,37,38,40,41,42,47,51,52,53,54,55,56,57,58,59,60)/p+1/t13-,14-,15-,16-,20-,21-,22-,23-,24-,29?,30-,31-/m1/s1. The lowest BCUT2D eigenvalue weighted by molar-refractivity contribution is -0.646. The van der Waals surface area contributed by atoms with Crippen molar-refractivity contribution in [1.82, 2.24) is 48.3 Å². The van der Waals surface area contributed by atoms with Crippen LogP contribution in [0.25, 0.3) is 22.3 Å². The van der Waals surface area contributed by atoms with E-state index in [0.29, 0.717) is 0 Å². The summed E-state index contributed by atoms with van der Waals surface area (Å²) in [6.07, 6.45) is -14.6. The average molecular weight is 1200 g/mol. The number of hydrogen-bond donors (Lipinski definition) is 12. The van der Waals surface area contributed by atoms with E-state index in [4.69, 9.17) is 48.5 Å². The molecule has 0 spiro atoms. The Hall–Kier alpha value is -4.67. The van der Waals surface area contributed by atoms with Gasteiger partial charge in [0.15, 0.2) is 23.9 Å².